The van der Waals surface area contributed by atoms with Crippen LogP contribution in [-0.2, 0) is 17.7 Å². The van der Waals surface area contributed by atoms with Gasteiger partial charge in [0.25, 0.3) is 0 Å². The van der Waals surface area contributed by atoms with Gasteiger partial charge in [0.2, 0.25) is 0 Å². The summed E-state index contributed by atoms with van der Waals surface area (Å²) in [4.78, 5) is 32.3. The number of anilines is 1. The maximum absolute atomic E-state index is 13.9. The summed E-state index contributed by atoms with van der Waals surface area (Å²) in [5.41, 5.74) is 0.374. The van der Waals surface area contributed by atoms with Gasteiger partial charge >= 0.3 is 6.09 Å². The minimum absolute atomic E-state index is 0.187. The Morgan fingerprint density at radius 2 is 2.06 bits per heavy atom. The molecule has 3 rings (SSSR count). The lowest BCUT2D eigenvalue weighted by Crippen LogP contribution is -2.40. The molecule has 0 radical (unpaired) electrons. The topological polar surface area (TPSA) is 93.1 Å². The molecule has 0 bridgehead atoms. The zero-order valence-electron chi connectivity index (χ0n) is 19.1. The number of rotatable bonds is 8. The molecule has 0 aromatic carbocycles. The number of nitrogens with zero attached hydrogens (tertiary/aromatic N) is 5. The van der Waals surface area contributed by atoms with Crippen molar-refractivity contribution in [1.29, 1.82) is 0 Å². The van der Waals surface area contributed by atoms with E-state index in [-0.39, 0.29) is 18.5 Å². The Hall–Kier alpha value is -2.88. The third-order valence-corrected chi connectivity index (χ3v) is 5.35. The molecule has 0 spiro atoms. The number of hydrogen-bond donors (Lipinski definition) is 1. The van der Waals surface area contributed by atoms with Crippen LogP contribution in [0.3, 0.4) is 0 Å². The van der Waals surface area contributed by atoms with Crippen molar-refractivity contribution in [2.45, 2.75) is 53.2 Å². The van der Waals surface area contributed by atoms with E-state index in [9.17, 15) is 9.18 Å². The Bertz CT molecular complexity index is 1070. The first-order chi connectivity index (χ1) is 15.1. The molecule has 0 aliphatic heterocycles. The van der Waals surface area contributed by atoms with Gasteiger partial charge in [-0.1, -0.05) is 25.2 Å². The van der Waals surface area contributed by atoms with Crippen molar-refractivity contribution >= 4 is 33.6 Å². The number of thiazole rings is 1. The van der Waals surface area contributed by atoms with Crippen LogP contribution in [0.25, 0.3) is 10.3 Å². The van der Waals surface area contributed by atoms with Crippen molar-refractivity contribution in [2.75, 3.05) is 18.4 Å². The SMILES string of the molecule is CC(C)CN(CCc1nc2c(NCc3ncccc3F)ncnc2s1)C(=O)OC(C)(C)C. The fraction of sp³-hybridized carbons (Fsp3) is 0.500. The maximum atomic E-state index is 13.9. The lowest BCUT2D eigenvalue weighted by Gasteiger charge is -2.28. The average Bonchev–Trinajstić information content (AvgIpc) is 3.12. The molecule has 0 atom stereocenters. The van der Waals surface area contributed by atoms with Gasteiger partial charge in [0, 0.05) is 25.7 Å². The number of halogens is 1. The lowest BCUT2D eigenvalue weighted by atomic mass is 10.2. The molecule has 3 aromatic heterocycles. The molecule has 32 heavy (non-hydrogen) atoms. The molecule has 3 aromatic rings. The minimum atomic E-state index is -0.550. The quantitative estimate of drug-likeness (QED) is 0.522. The molecule has 3 heterocycles. The van der Waals surface area contributed by atoms with Gasteiger partial charge in [-0.2, -0.15) is 0 Å². The molecule has 0 saturated heterocycles. The molecule has 0 unspecified atom stereocenters. The van der Waals surface area contributed by atoms with Crippen molar-refractivity contribution in [2.24, 2.45) is 5.92 Å². The highest BCUT2D eigenvalue weighted by atomic mass is 32.1. The van der Waals surface area contributed by atoms with Crippen molar-refractivity contribution in [3.8, 4) is 0 Å². The Morgan fingerprint density at radius 3 is 2.75 bits per heavy atom. The van der Waals surface area contributed by atoms with Crippen LogP contribution in [-0.4, -0.2) is 49.6 Å². The lowest BCUT2D eigenvalue weighted by molar-refractivity contribution is 0.0230. The first-order valence-corrected chi connectivity index (χ1v) is 11.4. The van der Waals surface area contributed by atoms with E-state index in [1.807, 2.05) is 20.8 Å². The second kappa shape index (κ2) is 10.2. The molecule has 1 amide bonds. The van der Waals surface area contributed by atoms with Gasteiger partial charge in [-0.05, 0) is 38.8 Å². The third kappa shape index (κ3) is 6.56. The van der Waals surface area contributed by atoms with Crippen LogP contribution < -0.4 is 5.32 Å². The van der Waals surface area contributed by atoms with E-state index < -0.39 is 5.60 Å². The predicted octanol–water partition coefficient (Wildman–Crippen LogP) is 4.67. The van der Waals surface area contributed by atoms with Crippen LogP contribution in [0.15, 0.2) is 24.7 Å². The van der Waals surface area contributed by atoms with Crippen LogP contribution >= 0.6 is 11.3 Å². The number of amides is 1. The monoisotopic (exact) mass is 460 g/mol. The van der Waals surface area contributed by atoms with Gasteiger partial charge < -0.3 is 15.0 Å². The summed E-state index contributed by atoms with van der Waals surface area (Å²) in [6, 6.07) is 2.92. The molecule has 1 N–H and O–H groups in total. The molecular weight excluding hydrogens is 431 g/mol. The molecule has 172 valence electrons. The van der Waals surface area contributed by atoms with E-state index >= 15 is 0 Å². The van der Waals surface area contributed by atoms with Crippen LogP contribution in [0.2, 0.25) is 0 Å². The molecular formula is C22H29FN6O2S. The molecule has 0 aliphatic carbocycles. The first-order valence-electron chi connectivity index (χ1n) is 10.5. The van der Waals surface area contributed by atoms with E-state index in [2.05, 4.69) is 39.1 Å². The Labute approximate surface area is 191 Å². The molecule has 10 heteroatoms. The van der Waals surface area contributed by atoms with Crippen molar-refractivity contribution in [1.82, 2.24) is 24.8 Å². The van der Waals surface area contributed by atoms with Crippen LogP contribution in [0.1, 0.15) is 45.3 Å². The highest BCUT2D eigenvalue weighted by molar-refractivity contribution is 7.18. The van der Waals surface area contributed by atoms with Crippen molar-refractivity contribution in [3.63, 3.8) is 0 Å². The molecule has 0 aliphatic rings. The number of hydrogen-bond acceptors (Lipinski definition) is 8. The number of aromatic nitrogens is 4. The summed E-state index contributed by atoms with van der Waals surface area (Å²) in [5.74, 6) is 0.455. The van der Waals surface area contributed by atoms with Crippen molar-refractivity contribution < 1.29 is 13.9 Å². The van der Waals surface area contributed by atoms with Crippen LogP contribution in [0, 0.1) is 11.7 Å². The number of pyridine rings is 1. The van der Waals surface area contributed by atoms with Crippen LogP contribution in [0.5, 0.6) is 0 Å². The summed E-state index contributed by atoms with van der Waals surface area (Å²) in [6.07, 6.45) is 3.24. The highest BCUT2D eigenvalue weighted by Gasteiger charge is 2.23. The normalized spacial score (nSPS) is 11.7. The smallest absolute Gasteiger partial charge is 0.410 e. The highest BCUT2D eigenvalue weighted by Crippen LogP contribution is 2.25. The number of ether oxygens (including phenoxy) is 1. The zero-order valence-corrected chi connectivity index (χ0v) is 19.9. The number of carbonyl (C=O) groups excluding carboxylic acids is 1. The minimum Gasteiger partial charge on any atom is -0.444 e. The first kappa shape index (κ1) is 23.8. The van der Waals surface area contributed by atoms with Crippen molar-refractivity contribution in [3.05, 3.63) is 41.2 Å². The molecule has 0 saturated carbocycles. The zero-order chi connectivity index (χ0) is 23.3. The summed E-state index contributed by atoms with van der Waals surface area (Å²) in [6.45, 7) is 11.0. The average molecular weight is 461 g/mol. The van der Waals surface area contributed by atoms with Gasteiger partial charge in [0.05, 0.1) is 17.2 Å². The number of nitrogens with one attached hydrogen (secondary N) is 1. The summed E-state index contributed by atoms with van der Waals surface area (Å²) < 4.78 is 19.4. The van der Waals surface area contributed by atoms with Gasteiger partial charge in [0.1, 0.15) is 28.1 Å². The van der Waals surface area contributed by atoms with E-state index in [0.29, 0.717) is 42.5 Å². The standard InChI is InChI=1S/C22H29FN6O2S/c1-14(2)12-29(21(30)31-22(3,4)5)10-8-17-28-18-19(26-13-27-20(18)32-17)25-11-16-15(23)7-6-9-24-16/h6-7,9,13-14H,8,10-12H2,1-5H3,(H,25,26,27). The van der Waals surface area contributed by atoms with E-state index in [4.69, 9.17) is 4.74 Å². The third-order valence-electron chi connectivity index (χ3n) is 4.33. The summed E-state index contributed by atoms with van der Waals surface area (Å²) in [5, 5.41) is 3.94. The van der Waals surface area contributed by atoms with E-state index in [1.54, 1.807) is 17.2 Å². The fourth-order valence-electron chi connectivity index (χ4n) is 3.00. The van der Waals surface area contributed by atoms with Gasteiger partial charge in [-0.25, -0.2) is 24.1 Å². The summed E-state index contributed by atoms with van der Waals surface area (Å²) >= 11 is 1.45. The van der Waals surface area contributed by atoms with E-state index in [1.165, 1.54) is 23.7 Å². The number of carbonyl (C=O) groups is 1. The second-order valence-corrected chi connectivity index (χ2v) is 9.90. The molecule has 0 fully saturated rings. The second-order valence-electron chi connectivity index (χ2n) is 8.84. The fourth-order valence-corrected chi connectivity index (χ4v) is 3.90. The van der Waals surface area contributed by atoms with Gasteiger partial charge in [-0.3, -0.25) is 4.98 Å². The number of fused-ring (bicyclic) bond motifs is 1. The summed E-state index contributed by atoms with van der Waals surface area (Å²) in [7, 11) is 0. The van der Waals surface area contributed by atoms with E-state index in [0.717, 1.165) is 9.84 Å². The van der Waals surface area contributed by atoms with Gasteiger partial charge in [-0.15, -0.1) is 0 Å². The Balaban J connectivity index is 1.71. The Kier molecular flexibility index (Phi) is 7.55. The van der Waals surface area contributed by atoms with Gasteiger partial charge in [0.15, 0.2) is 5.82 Å². The Morgan fingerprint density at radius 1 is 1.28 bits per heavy atom. The molecule has 8 nitrogen and oxygen atoms in total. The maximum Gasteiger partial charge on any atom is 0.410 e. The van der Waals surface area contributed by atoms with Crippen LogP contribution in [0.4, 0.5) is 15.0 Å². The largest absolute Gasteiger partial charge is 0.444 e. The predicted molar refractivity (Wildman–Crippen MR) is 123 cm³/mol.